The Kier molecular flexibility index (Phi) is 4.74. The van der Waals surface area contributed by atoms with Crippen LogP contribution in [0.2, 0.25) is 0 Å². The number of para-hydroxylation sites is 1. The first kappa shape index (κ1) is 16.4. The summed E-state index contributed by atoms with van der Waals surface area (Å²) < 4.78 is 7.58. The van der Waals surface area contributed by atoms with Gasteiger partial charge in [-0.3, -0.25) is 9.67 Å². The van der Waals surface area contributed by atoms with Crippen molar-refractivity contribution in [3.63, 3.8) is 0 Å². The van der Waals surface area contributed by atoms with Gasteiger partial charge in [-0.25, -0.2) is 0 Å². The van der Waals surface area contributed by atoms with Crippen LogP contribution in [0, 0.1) is 13.8 Å². The molecule has 2 aromatic rings. The average molecular weight is 327 g/mol. The van der Waals surface area contributed by atoms with Gasteiger partial charge in [-0.2, -0.15) is 5.10 Å². The molecular weight excluding hydrogens is 302 g/mol. The monoisotopic (exact) mass is 327 g/mol. The van der Waals surface area contributed by atoms with Gasteiger partial charge in [-0.15, -0.1) is 0 Å². The molecule has 24 heavy (non-hydrogen) atoms. The fraction of sp³-hybridized carbons (Fsp3) is 0.444. The predicted molar refractivity (Wildman–Crippen MR) is 95.3 cm³/mol. The van der Waals surface area contributed by atoms with E-state index < -0.39 is 0 Å². The summed E-state index contributed by atoms with van der Waals surface area (Å²) in [6, 6.07) is 8.22. The van der Waals surface area contributed by atoms with E-state index in [0.29, 0.717) is 19.1 Å². The highest BCUT2D eigenvalue weighted by atomic mass is 16.5. The number of hydrogen-bond donors (Lipinski definition) is 2. The molecule has 1 aliphatic rings. The largest absolute Gasteiger partial charge is 0.493 e. The highest BCUT2D eigenvalue weighted by molar-refractivity contribution is 5.78. The fourth-order valence-corrected chi connectivity index (χ4v) is 3.18. The maximum atomic E-state index is 6.08. The van der Waals surface area contributed by atoms with E-state index in [1.807, 2.05) is 36.9 Å². The third-order valence-electron chi connectivity index (χ3n) is 4.58. The van der Waals surface area contributed by atoms with Crippen LogP contribution in [0.25, 0.3) is 0 Å². The van der Waals surface area contributed by atoms with Crippen LogP contribution in [0.4, 0.5) is 0 Å². The van der Waals surface area contributed by atoms with Crippen molar-refractivity contribution in [1.82, 2.24) is 15.1 Å². The standard InChI is InChI=1S/C18H25N5O/c1-12-14(13(2)23(3)22-12)8-10-20-18(19)21-16-9-11-24-17-7-5-4-6-15(16)17/h4-7,16H,8-11H2,1-3H3,(H3,19,20,21). The van der Waals surface area contributed by atoms with Crippen LogP contribution in [0.15, 0.2) is 29.3 Å². The first-order valence-electron chi connectivity index (χ1n) is 8.33. The molecule has 1 unspecified atom stereocenters. The highest BCUT2D eigenvalue weighted by Gasteiger charge is 2.21. The zero-order chi connectivity index (χ0) is 17.1. The van der Waals surface area contributed by atoms with Crippen LogP contribution < -0.4 is 15.8 Å². The number of rotatable bonds is 4. The molecule has 0 fully saturated rings. The van der Waals surface area contributed by atoms with Crippen molar-refractivity contribution in [2.75, 3.05) is 13.2 Å². The number of aliphatic imine (C=N–C) groups is 1. The second-order valence-corrected chi connectivity index (χ2v) is 6.16. The number of aromatic nitrogens is 2. The van der Waals surface area contributed by atoms with Crippen LogP contribution in [0.3, 0.4) is 0 Å². The molecule has 1 aromatic carbocycles. The second kappa shape index (κ2) is 6.95. The Morgan fingerprint density at radius 1 is 1.42 bits per heavy atom. The minimum Gasteiger partial charge on any atom is -0.493 e. The van der Waals surface area contributed by atoms with Gasteiger partial charge in [0.25, 0.3) is 0 Å². The Morgan fingerprint density at radius 3 is 2.96 bits per heavy atom. The lowest BCUT2D eigenvalue weighted by Crippen LogP contribution is -2.37. The van der Waals surface area contributed by atoms with E-state index in [0.717, 1.165) is 29.8 Å². The third-order valence-corrected chi connectivity index (χ3v) is 4.58. The van der Waals surface area contributed by atoms with Gasteiger partial charge >= 0.3 is 0 Å². The Bertz CT molecular complexity index is 750. The highest BCUT2D eigenvalue weighted by Crippen LogP contribution is 2.31. The number of nitrogens with two attached hydrogens (primary N) is 1. The smallest absolute Gasteiger partial charge is 0.189 e. The summed E-state index contributed by atoms with van der Waals surface area (Å²) in [7, 11) is 1.97. The molecule has 6 nitrogen and oxygen atoms in total. The summed E-state index contributed by atoms with van der Waals surface area (Å²) in [4.78, 5) is 4.48. The van der Waals surface area contributed by atoms with Crippen molar-refractivity contribution in [2.45, 2.75) is 32.7 Å². The summed E-state index contributed by atoms with van der Waals surface area (Å²) in [5, 5.41) is 7.76. The lowest BCUT2D eigenvalue weighted by atomic mass is 10.0. The van der Waals surface area contributed by atoms with Crippen molar-refractivity contribution in [1.29, 1.82) is 0 Å². The van der Waals surface area contributed by atoms with Crippen molar-refractivity contribution in [2.24, 2.45) is 17.8 Å². The molecule has 0 spiro atoms. The lowest BCUT2D eigenvalue weighted by Gasteiger charge is -2.26. The number of nitrogens with zero attached hydrogens (tertiary/aromatic N) is 3. The maximum absolute atomic E-state index is 6.08. The van der Waals surface area contributed by atoms with E-state index >= 15 is 0 Å². The summed E-state index contributed by atoms with van der Waals surface area (Å²) in [5.74, 6) is 1.41. The minimum absolute atomic E-state index is 0.153. The van der Waals surface area contributed by atoms with Crippen molar-refractivity contribution in [3.8, 4) is 5.75 Å². The molecule has 0 amide bonds. The van der Waals surface area contributed by atoms with Crippen LogP contribution in [0.5, 0.6) is 5.75 Å². The lowest BCUT2D eigenvalue weighted by molar-refractivity contribution is 0.262. The number of benzene rings is 1. The average Bonchev–Trinajstić information content (AvgIpc) is 2.81. The molecule has 1 atom stereocenters. The summed E-state index contributed by atoms with van der Waals surface area (Å²) in [5.41, 5.74) is 10.7. The van der Waals surface area contributed by atoms with Gasteiger partial charge in [0, 0.05) is 31.3 Å². The summed E-state index contributed by atoms with van der Waals surface area (Å²) in [6.45, 7) is 5.46. The number of fused-ring (bicyclic) bond motifs is 1. The Balaban J connectivity index is 1.61. The zero-order valence-corrected chi connectivity index (χ0v) is 14.5. The number of hydrogen-bond acceptors (Lipinski definition) is 3. The molecular formula is C18H25N5O. The van der Waals surface area contributed by atoms with E-state index in [1.165, 1.54) is 11.3 Å². The van der Waals surface area contributed by atoms with Crippen LogP contribution in [-0.4, -0.2) is 28.9 Å². The topological polar surface area (TPSA) is 77.5 Å². The van der Waals surface area contributed by atoms with Crippen LogP contribution in [0.1, 0.15) is 35.0 Å². The van der Waals surface area contributed by atoms with E-state index in [-0.39, 0.29) is 6.04 Å². The number of ether oxygens (including phenoxy) is 1. The molecule has 3 rings (SSSR count). The van der Waals surface area contributed by atoms with Gasteiger partial charge in [-0.1, -0.05) is 18.2 Å². The molecule has 0 aliphatic carbocycles. The summed E-state index contributed by atoms with van der Waals surface area (Å²) in [6.07, 6.45) is 1.73. The van der Waals surface area contributed by atoms with E-state index in [2.05, 4.69) is 28.4 Å². The van der Waals surface area contributed by atoms with Crippen molar-refractivity contribution >= 4 is 5.96 Å². The summed E-state index contributed by atoms with van der Waals surface area (Å²) >= 11 is 0. The molecule has 1 aromatic heterocycles. The number of nitrogens with one attached hydrogen (secondary N) is 1. The van der Waals surface area contributed by atoms with Crippen molar-refractivity contribution in [3.05, 3.63) is 46.8 Å². The Morgan fingerprint density at radius 2 is 2.21 bits per heavy atom. The van der Waals surface area contributed by atoms with Gasteiger partial charge < -0.3 is 15.8 Å². The van der Waals surface area contributed by atoms with Gasteiger partial charge in [0.2, 0.25) is 0 Å². The molecule has 0 saturated heterocycles. The molecule has 0 bridgehead atoms. The zero-order valence-electron chi connectivity index (χ0n) is 14.5. The van der Waals surface area contributed by atoms with Gasteiger partial charge in [0.15, 0.2) is 5.96 Å². The van der Waals surface area contributed by atoms with Gasteiger partial charge in [-0.05, 0) is 31.9 Å². The van der Waals surface area contributed by atoms with E-state index in [4.69, 9.17) is 10.5 Å². The first-order valence-corrected chi connectivity index (χ1v) is 8.33. The minimum atomic E-state index is 0.153. The SMILES string of the molecule is Cc1nn(C)c(C)c1CCN=C(N)NC1CCOc2ccccc21. The molecule has 6 heteroatoms. The fourth-order valence-electron chi connectivity index (χ4n) is 3.18. The molecule has 128 valence electrons. The van der Waals surface area contributed by atoms with E-state index in [1.54, 1.807) is 0 Å². The molecule has 1 aliphatic heterocycles. The van der Waals surface area contributed by atoms with Crippen molar-refractivity contribution < 1.29 is 4.74 Å². The quantitative estimate of drug-likeness (QED) is 0.665. The molecule has 0 saturated carbocycles. The van der Waals surface area contributed by atoms with Gasteiger partial charge in [0.05, 0.1) is 18.3 Å². The molecule has 3 N–H and O–H groups in total. The van der Waals surface area contributed by atoms with E-state index in [9.17, 15) is 0 Å². The molecule has 2 heterocycles. The Labute approximate surface area is 142 Å². The maximum Gasteiger partial charge on any atom is 0.189 e. The van der Waals surface area contributed by atoms with Crippen LogP contribution in [-0.2, 0) is 13.5 Å². The van der Waals surface area contributed by atoms with Gasteiger partial charge in [0.1, 0.15) is 5.75 Å². The second-order valence-electron chi connectivity index (χ2n) is 6.16. The normalized spacial score (nSPS) is 17.3. The first-order chi connectivity index (χ1) is 11.6. The third kappa shape index (κ3) is 3.37. The number of aryl methyl sites for hydroxylation is 2. The van der Waals surface area contributed by atoms with Crippen LogP contribution >= 0.6 is 0 Å². The predicted octanol–water partition coefficient (Wildman–Crippen LogP) is 2.01. The molecule has 0 radical (unpaired) electrons. The number of guanidine groups is 1. The Hall–Kier alpha value is -2.50.